The Morgan fingerprint density at radius 3 is 2.50 bits per heavy atom. The third-order valence-corrected chi connectivity index (χ3v) is 2.85. The van der Waals surface area contributed by atoms with Crippen LogP contribution in [0.3, 0.4) is 0 Å². The van der Waals surface area contributed by atoms with Crippen molar-refractivity contribution in [3.05, 3.63) is 51.8 Å². The Hall–Kier alpha value is -1.45. The Kier molecular flexibility index (Phi) is 3.94. The highest BCUT2D eigenvalue weighted by Gasteiger charge is 2.10. The number of hydrogen-bond acceptors (Lipinski definition) is 3. The van der Waals surface area contributed by atoms with Crippen molar-refractivity contribution in [1.82, 2.24) is 4.98 Å². The van der Waals surface area contributed by atoms with Gasteiger partial charge in [0.25, 0.3) is 0 Å². The lowest BCUT2D eigenvalue weighted by Crippen LogP contribution is -1.99. The van der Waals surface area contributed by atoms with Crippen LogP contribution in [0.4, 0.5) is 0 Å². The number of ether oxygens (including phenoxy) is 1. The van der Waals surface area contributed by atoms with E-state index in [4.69, 9.17) is 27.9 Å². The molecule has 1 N–H and O–H groups in total. The molecule has 1 heterocycles. The fourth-order valence-corrected chi connectivity index (χ4v) is 2.10. The number of nitrogens with zero attached hydrogens (tertiary/aromatic N) is 1. The second kappa shape index (κ2) is 5.46. The number of benzene rings is 1. The van der Waals surface area contributed by atoms with Crippen LogP contribution in [0.2, 0.25) is 10.0 Å². The van der Waals surface area contributed by atoms with E-state index in [2.05, 4.69) is 4.98 Å². The van der Waals surface area contributed by atoms with Gasteiger partial charge in [-0.1, -0.05) is 29.3 Å². The van der Waals surface area contributed by atoms with Gasteiger partial charge in [0, 0.05) is 17.8 Å². The summed E-state index contributed by atoms with van der Waals surface area (Å²) in [4.78, 5) is 4.30. The minimum Gasteiger partial charge on any atom is -0.508 e. The maximum absolute atomic E-state index is 9.30. The first kappa shape index (κ1) is 13.0. The lowest BCUT2D eigenvalue weighted by Gasteiger charge is -2.10. The molecule has 18 heavy (non-hydrogen) atoms. The van der Waals surface area contributed by atoms with Crippen molar-refractivity contribution in [3.8, 4) is 11.5 Å². The first-order chi connectivity index (χ1) is 8.56. The van der Waals surface area contributed by atoms with E-state index in [1.165, 1.54) is 12.1 Å². The van der Waals surface area contributed by atoms with Gasteiger partial charge in [0.2, 0.25) is 0 Å². The van der Waals surface area contributed by atoms with Crippen molar-refractivity contribution in [3.63, 3.8) is 0 Å². The molecule has 0 fully saturated rings. The molecule has 0 amide bonds. The molecule has 0 atom stereocenters. The van der Waals surface area contributed by atoms with Crippen LogP contribution in [0.5, 0.6) is 11.5 Å². The minimum atomic E-state index is 0.00558. The van der Waals surface area contributed by atoms with E-state index in [1.807, 2.05) is 25.1 Å². The van der Waals surface area contributed by atoms with Crippen molar-refractivity contribution in [1.29, 1.82) is 0 Å². The molecule has 0 radical (unpaired) electrons. The predicted molar refractivity (Wildman–Crippen MR) is 71.4 cm³/mol. The maximum Gasteiger partial charge on any atom is 0.157 e. The van der Waals surface area contributed by atoms with Gasteiger partial charge in [0.15, 0.2) is 5.75 Å². The molecule has 0 aliphatic heterocycles. The summed E-state index contributed by atoms with van der Waals surface area (Å²) in [5.41, 5.74) is 1.70. The summed E-state index contributed by atoms with van der Waals surface area (Å²) in [7, 11) is 0. The second-order valence-corrected chi connectivity index (χ2v) is 4.61. The monoisotopic (exact) mass is 283 g/mol. The lowest BCUT2D eigenvalue weighted by atomic mass is 10.3. The number of aromatic hydroxyl groups is 1. The molecule has 94 valence electrons. The molecule has 0 saturated carbocycles. The van der Waals surface area contributed by atoms with Crippen molar-refractivity contribution in [2.75, 3.05) is 0 Å². The van der Waals surface area contributed by atoms with Crippen LogP contribution in [0.25, 0.3) is 0 Å². The van der Waals surface area contributed by atoms with Gasteiger partial charge in [0.05, 0.1) is 15.7 Å². The summed E-state index contributed by atoms with van der Waals surface area (Å²) in [6.45, 7) is 2.18. The number of aromatic nitrogens is 1. The van der Waals surface area contributed by atoms with E-state index in [0.717, 1.165) is 11.4 Å². The standard InChI is InChI=1S/C13H11Cl2NO2/c1-8-3-2-4-9(16-8)7-18-13-11(14)5-10(17)6-12(13)15/h2-6,17H,7H2,1H3. The quantitative estimate of drug-likeness (QED) is 0.926. The molecule has 0 aliphatic carbocycles. The zero-order valence-electron chi connectivity index (χ0n) is 9.65. The van der Waals surface area contributed by atoms with Crippen molar-refractivity contribution in [2.45, 2.75) is 13.5 Å². The van der Waals surface area contributed by atoms with E-state index in [1.54, 1.807) is 0 Å². The fraction of sp³-hybridized carbons (Fsp3) is 0.154. The Labute approximate surface area is 115 Å². The van der Waals surface area contributed by atoms with E-state index in [9.17, 15) is 5.11 Å². The highest BCUT2D eigenvalue weighted by atomic mass is 35.5. The molecule has 0 saturated heterocycles. The molecular formula is C13H11Cl2NO2. The minimum absolute atomic E-state index is 0.00558. The zero-order valence-corrected chi connectivity index (χ0v) is 11.2. The number of pyridine rings is 1. The molecule has 3 nitrogen and oxygen atoms in total. The number of hydrogen-bond donors (Lipinski definition) is 1. The van der Waals surface area contributed by atoms with Crippen LogP contribution in [0.15, 0.2) is 30.3 Å². The first-order valence-electron chi connectivity index (χ1n) is 5.29. The van der Waals surface area contributed by atoms with Crippen LogP contribution in [-0.2, 0) is 6.61 Å². The maximum atomic E-state index is 9.30. The zero-order chi connectivity index (χ0) is 13.1. The number of aryl methyl sites for hydroxylation is 1. The van der Waals surface area contributed by atoms with Gasteiger partial charge in [-0.2, -0.15) is 0 Å². The predicted octanol–water partition coefficient (Wildman–Crippen LogP) is 3.98. The molecular weight excluding hydrogens is 273 g/mol. The SMILES string of the molecule is Cc1cccc(COc2c(Cl)cc(O)cc2Cl)n1. The average molecular weight is 284 g/mol. The highest BCUT2D eigenvalue weighted by molar-refractivity contribution is 6.37. The molecule has 2 rings (SSSR count). The topological polar surface area (TPSA) is 42.4 Å². The smallest absolute Gasteiger partial charge is 0.157 e. The van der Waals surface area contributed by atoms with E-state index in [0.29, 0.717) is 5.75 Å². The van der Waals surface area contributed by atoms with Gasteiger partial charge >= 0.3 is 0 Å². The highest BCUT2D eigenvalue weighted by Crippen LogP contribution is 2.36. The van der Waals surface area contributed by atoms with Gasteiger partial charge in [-0.15, -0.1) is 0 Å². The van der Waals surface area contributed by atoms with Crippen LogP contribution in [-0.4, -0.2) is 10.1 Å². The van der Waals surface area contributed by atoms with Gasteiger partial charge in [-0.05, 0) is 19.1 Å². The van der Waals surface area contributed by atoms with Crippen LogP contribution in [0, 0.1) is 6.92 Å². The number of phenols is 1. The molecule has 2 aromatic rings. The Morgan fingerprint density at radius 1 is 1.22 bits per heavy atom. The van der Waals surface area contributed by atoms with Crippen LogP contribution < -0.4 is 4.74 Å². The summed E-state index contributed by atoms with van der Waals surface area (Å²) >= 11 is 11.9. The molecule has 0 aliphatic rings. The third kappa shape index (κ3) is 3.06. The number of phenolic OH excluding ortho intramolecular Hbond substituents is 1. The Morgan fingerprint density at radius 2 is 1.89 bits per heavy atom. The van der Waals surface area contributed by atoms with Gasteiger partial charge in [-0.25, -0.2) is 0 Å². The van der Waals surface area contributed by atoms with E-state index in [-0.39, 0.29) is 22.4 Å². The largest absolute Gasteiger partial charge is 0.508 e. The van der Waals surface area contributed by atoms with Gasteiger partial charge in [-0.3, -0.25) is 4.98 Å². The van der Waals surface area contributed by atoms with Crippen LogP contribution >= 0.6 is 23.2 Å². The number of halogens is 2. The van der Waals surface area contributed by atoms with Crippen molar-refractivity contribution >= 4 is 23.2 Å². The first-order valence-corrected chi connectivity index (χ1v) is 6.05. The molecule has 0 unspecified atom stereocenters. The van der Waals surface area contributed by atoms with E-state index < -0.39 is 0 Å². The average Bonchev–Trinajstić information content (AvgIpc) is 2.27. The number of rotatable bonds is 3. The fourth-order valence-electron chi connectivity index (χ4n) is 1.51. The van der Waals surface area contributed by atoms with Crippen molar-refractivity contribution in [2.24, 2.45) is 0 Å². The molecule has 5 heteroatoms. The molecule has 0 spiro atoms. The second-order valence-electron chi connectivity index (χ2n) is 3.80. The van der Waals surface area contributed by atoms with Gasteiger partial charge in [0.1, 0.15) is 12.4 Å². The summed E-state index contributed by atoms with van der Waals surface area (Å²) in [6.07, 6.45) is 0. The lowest BCUT2D eigenvalue weighted by molar-refractivity contribution is 0.301. The van der Waals surface area contributed by atoms with Crippen LogP contribution in [0.1, 0.15) is 11.4 Å². The molecule has 1 aromatic heterocycles. The summed E-state index contributed by atoms with van der Waals surface area (Å²) in [6, 6.07) is 8.43. The summed E-state index contributed by atoms with van der Waals surface area (Å²) in [5.74, 6) is 0.352. The van der Waals surface area contributed by atoms with E-state index >= 15 is 0 Å². The molecule has 0 bridgehead atoms. The normalized spacial score (nSPS) is 10.4. The van der Waals surface area contributed by atoms with Gasteiger partial charge < -0.3 is 9.84 Å². The van der Waals surface area contributed by atoms with Crippen molar-refractivity contribution < 1.29 is 9.84 Å². The Balaban J connectivity index is 2.16. The Bertz CT molecular complexity index is 550. The summed E-state index contributed by atoms with van der Waals surface area (Å²) in [5, 5.41) is 9.85. The molecule has 1 aromatic carbocycles. The third-order valence-electron chi connectivity index (χ3n) is 2.29. The summed E-state index contributed by atoms with van der Waals surface area (Å²) < 4.78 is 5.53.